The van der Waals surface area contributed by atoms with Gasteiger partial charge in [-0.25, -0.2) is 0 Å². The van der Waals surface area contributed by atoms with Crippen molar-refractivity contribution in [2.24, 2.45) is 0 Å². The first-order valence-corrected chi connectivity index (χ1v) is 6.29. The van der Waals surface area contributed by atoms with Gasteiger partial charge in [-0.15, -0.1) is 13.2 Å². The molecule has 0 bridgehead atoms. The zero-order valence-corrected chi connectivity index (χ0v) is 11.5. The molecule has 0 atom stereocenters. The summed E-state index contributed by atoms with van der Waals surface area (Å²) in [6.45, 7) is 11.9. The third-order valence-corrected chi connectivity index (χ3v) is 2.86. The maximum absolute atomic E-state index is 3.82. The molecular weight excluding hydrogens is 252 g/mol. The Balaban J connectivity index is 0. The molecule has 0 aliphatic carbocycles. The van der Waals surface area contributed by atoms with Crippen molar-refractivity contribution in [2.75, 3.05) is 0 Å². The topological polar surface area (TPSA) is 0 Å². The Kier molecular flexibility index (Phi) is 11.5. The van der Waals surface area contributed by atoms with Gasteiger partial charge in [-0.05, 0) is 29.2 Å². The Bertz CT molecular complexity index is 530. The summed E-state index contributed by atoms with van der Waals surface area (Å²) in [7, 11) is 0. The lowest BCUT2D eigenvalue weighted by Crippen LogP contribution is -1.81. The van der Waals surface area contributed by atoms with Gasteiger partial charge < -0.3 is 0 Å². The highest BCUT2D eigenvalue weighted by Gasteiger charge is 1.98. The van der Waals surface area contributed by atoms with Crippen LogP contribution in [0.2, 0.25) is 0 Å². The quantitative estimate of drug-likeness (QED) is 0.418. The molecule has 0 spiro atoms. The molecule has 0 saturated carbocycles. The van der Waals surface area contributed by atoms with Crippen molar-refractivity contribution in [1.82, 2.24) is 0 Å². The Morgan fingerprint density at radius 2 is 1.29 bits per heavy atom. The Labute approximate surface area is 131 Å². The molecule has 0 fully saturated rings. The summed E-state index contributed by atoms with van der Waals surface area (Å²) in [5, 5.41) is 0. The molecule has 0 unspecified atom stereocenters. The van der Waals surface area contributed by atoms with Crippen LogP contribution in [0.15, 0.2) is 86.5 Å². The molecule has 0 aromatic heterocycles. The molecule has 0 aliphatic rings. The molecule has 2 aromatic rings. The van der Waals surface area contributed by atoms with Crippen LogP contribution in [-0.4, -0.2) is 0 Å². The second-order valence-electron chi connectivity index (χ2n) is 3.89. The van der Waals surface area contributed by atoms with E-state index in [9.17, 15) is 0 Å². The van der Waals surface area contributed by atoms with Gasteiger partial charge in [0.05, 0.1) is 0 Å². The minimum Gasteiger partial charge on any atom is -0.106 e. The first-order chi connectivity index (χ1) is 9.35. The van der Waals surface area contributed by atoms with Crippen molar-refractivity contribution in [3.8, 4) is 11.1 Å². The second kappa shape index (κ2) is 11.5. The summed E-state index contributed by atoms with van der Waals surface area (Å²) in [5.41, 5.74) is 4.88. The average molecular weight is 280 g/mol. The lowest BCUT2D eigenvalue weighted by molar-refractivity contribution is 1.57. The smallest absolute Gasteiger partial charge is 0.0184 e. The maximum atomic E-state index is 3.82. The van der Waals surface area contributed by atoms with Gasteiger partial charge in [0.25, 0.3) is 0 Å². The monoisotopic (exact) mass is 280 g/mol. The number of rotatable bonds is 3. The molecular formula is C21H28. The van der Waals surface area contributed by atoms with Crippen LogP contribution < -0.4 is 0 Å². The summed E-state index contributed by atoms with van der Waals surface area (Å²) in [4.78, 5) is 0. The second-order valence-corrected chi connectivity index (χ2v) is 3.89. The molecule has 0 heteroatoms. The minimum absolute atomic E-state index is 0. The summed E-state index contributed by atoms with van der Waals surface area (Å²) >= 11 is 0. The molecule has 0 nitrogen and oxygen atoms in total. The minimum atomic E-state index is 0. The SMILES string of the molecule is C.C.C=C.C=C/C(=C\C)c1ccc(-c2ccccc2)cc1. The lowest BCUT2D eigenvalue weighted by Gasteiger charge is -2.05. The molecule has 0 aliphatic heterocycles. The highest BCUT2D eigenvalue weighted by Crippen LogP contribution is 2.22. The number of allylic oxidation sites excluding steroid dienone is 3. The van der Waals surface area contributed by atoms with E-state index in [-0.39, 0.29) is 14.9 Å². The molecule has 0 radical (unpaired) electrons. The normalized spacial score (nSPS) is 9.29. The third-order valence-electron chi connectivity index (χ3n) is 2.86. The fourth-order valence-electron chi connectivity index (χ4n) is 1.89. The third kappa shape index (κ3) is 5.66. The summed E-state index contributed by atoms with van der Waals surface area (Å²) in [6, 6.07) is 19.0. The van der Waals surface area contributed by atoms with E-state index >= 15 is 0 Å². The fraction of sp³-hybridized carbons (Fsp3) is 0.143. The van der Waals surface area contributed by atoms with Crippen LogP contribution in [0.3, 0.4) is 0 Å². The van der Waals surface area contributed by atoms with Gasteiger partial charge in [0.1, 0.15) is 0 Å². The van der Waals surface area contributed by atoms with E-state index in [1.807, 2.05) is 19.1 Å². The van der Waals surface area contributed by atoms with Gasteiger partial charge in [0.2, 0.25) is 0 Å². The highest BCUT2D eigenvalue weighted by molar-refractivity contribution is 5.75. The first-order valence-electron chi connectivity index (χ1n) is 6.29. The molecule has 0 heterocycles. The van der Waals surface area contributed by atoms with Crippen LogP contribution in [0.5, 0.6) is 0 Å². The molecule has 112 valence electrons. The molecule has 2 rings (SSSR count). The Morgan fingerprint density at radius 3 is 1.71 bits per heavy atom. The number of hydrogen-bond donors (Lipinski definition) is 0. The van der Waals surface area contributed by atoms with Gasteiger partial charge in [-0.3, -0.25) is 0 Å². The van der Waals surface area contributed by atoms with Crippen molar-refractivity contribution >= 4 is 5.57 Å². The number of hydrogen-bond acceptors (Lipinski definition) is 0. The zero-order valence-electron chi connectivity index (χ0n) is 11.5. The average Bonchev–Trinajstić information content (AvgIpc) is 2.52. The predicted octanol–water partition coefficient (Wildman–Crippen LogP) is 7.02. The molecule has 21 heavy (non-hydrogen) atoms. The van der Waals surface area contributed by atoms with Crippen molar-refractivity contribution in [3.63, 3.8) is 0 Å². The van der Waals surface area contributed by atoms with Gasteiger partial charge in [-0.1, -0.05) is 88.2 Å². The van der Waals surface area contributed by atoms with E-state index in [1.165, 1.54) is 22.3 Å². The van der Waals surface area contributed by atoms with Crippen LogP contribution in [0.4, 0.5) is 0 Å². The van der Waals surface area contributed by atoms with Crippen LogP contribution in [0, 0.1) is 0 Å². The van der Waals surface area contributed by atoms with Crippen LogP contribution in [-0.2, 0) is 0 Å². The summed E-state index contributed by atoms with van der Waals surface area (Å²) < 4.78 is 0. The van der Waals surface area contributed by atoms with Crippen molar-refractivity contribution in [2.45, 2.75) is 21.8 Å². The standard InChI is InChI=1S/C17H16.C2H4.2CH4/c1-3-14(4-2)16-10-12-17(13-11-16)15-8-6-5-7-9-15;1-2;;/h3-13H,1H2,2H3;1-2H2;2*1H4/b14-4+;;;. The van der Waals surface area contributed by atoms with Crippen LogP contribution in [0.25, 0.3) is 16.7 Å². The van der Waals surface area contributed by atoms with Gasteiger partial charge in [0, 0.05) is 0 Å². The van der Waals surface area contributed by atoms with E-state index in [0.29, 0.717) is 0 Å². The molecule has 0 N–H and O–H groups in total. The largest absolute Gasteiger partial charge is 0.106 e. The van der Waals surface area contributed by atoms with Crippen LogP contribution >= 0.6 is 0 Å². The number of benzene rings is 2. The highest BCUT2D eigenvalue weighted by atomic mass is 14.0. The Hall–Kier alpha value is -2.34. The van der Waals surface area contributed by atoms with E-state index in [1.54, 1.807) is 0 Å². The summed E-state index contributed by atoms with van der Waals surface area (Å²) in [6.07, 6.45) is 3.96. The first kappa shape index (κ1) is 21.0. The van der Waals surface area contributed by atoms with Crippen molar-refractivity contribution in [1.29, 1.82) is 0 Å². The van der Waals surface area contributed by atoms with Crippen molar-refractivity contribution in [3.05, 3.63) is 92.0 Å². The zero-order chi connectivity index (χ0) is 14.1. The molecule has 2 aromatic carbocycles. The summed E-state index contributed by atoms with van der Waals surface area (Å²) in [5.74, 6) is 0. The van der Waals surface area contributed by atoms with Crippen molar-refractivity contribution < 1.29 is 0 Å². The van der Waals surface area contributed by atoms with E-state index in [0.717, 1.165) is 0 Å². The lowest BCUT2D eigenvalue weighted by atomic mass is 10.0. The Morgan fingerprint density at radius 1 is 0.810 bits per heavy atom. The maximum Gasteiger partial charge on any atom is -0.0184 e. The van der Waals surface area contributed by atoms with E-state index < -0.39 is 0 Å². The van der Waals surface area contributed by atoms with Gasteiger partial charge >= 0.3 is 0 Å². The predicted molar refractivity (Wildman–Crippen MR) is 100 cm³/mol. The fourth-order valence-corrected chi connectivity index (χ4v) is 1.89. The molecule has 0 saturated heterocycles. The van der Waals surface area contributed by atoms with Gasteiger partial charge in [0.15, 0.2) is 0 Å². The molecule has 0 amide bonds. The van der Waals surface area contributed by atoms with Gasteiger partial charge in [-0.2, -0.15) is 0 Å². The van der Waals surface area contributed by atoms with E-state index in [2.05, 4.69) is 74.3 Å². The van der Waals surface area contributed by atoms with Crippen LogP contribution in [0.1, 0.15) is 27.3 Å². The van der Waals surface area contributed by atoms with E-state index in [4.69, 9.17) is 0 Å².